The molecule has 2 rings (SSSR count). The van der Waals surface area contributed by atoms with Crippen molar-refractivity contribution in [3.8, 4) is 12.1 Å². The molecule has 0 heterocycles. The third-order valence-corrected chi connectivity index (χ3v) is 3.24. The fourth-order valence-electron chi connectivity index (χ4n) is 1.97. The molecule has 0 spiro atoms. The fourth-order valence-corrected chi connectivity index (χ4v) is 1.97. The Morgan fingerprint density at radius 3 is 1.19 bits per heavy atom. The number of halogens is 1. The van der Waals surface area contributed by atoms with Gasteiger partial charge in [-0.3, -0.25) is 0 Å². The van der Waals surface area contributed by atoms with E-state index in [-0.39, 0.29) is 24.5 Å². The second-order valence-corrected chi connectivity index (χ2v) is 4.52. The van der Waals surface area contributed by atoms with E-state index in [1.807, 2.05) is 24.3 Å². The number of hydrogen-bond donors (Lipinski definition) is 2. The first kappa shape index (κ1) is 16.7. The molecule has 0 aliphatic carbocycles. The third kappa shape index (κ3) is 3.81. The predicted molar refractivity (Wildman–Crippen MR) is 83.4 cm³/mol. The molecule has 0 amide bonds. The highest BCUT2D eigenvalue weighted by atomic mass is 35.5. The summed E-state index contributed by atoms with van der Waals surface area (Å²) in [4.78, 5) is 0. The fraction of sp³-hybridized carbons (Fsp3) is 0.125. The van der Waals surface area contributed by atoms with Gasteiger partial charge in [0.05, 0.1) is 23.3 Å². The molecule has 0 bridgehead atoms. The van der Waals surface area contributed by atoms with Gasteiger partial charge in [0.25, 0.3) is 0 Å². The first-order chi connectivity index (χ1) is 9.65. The maximum atomic E-state index is 8.77. The SMILES string of the molecule is Cl.N#Cc1ccc([C@H](N)[C@@H](N)c2ccc(C#N)cc2)cc1. The van der Waals surface area contributed by atoms with Crippen LogP contribution >= 0.6 is 12.4 Å². The summed E-state index contributed by atoms with van der Waals surface area (Å²) in [5.41, 5.74) is 15.3. The Bertz CT molecular complexity index is 604. The monoisotopic (exact) mass is 298 g/mol. The Balaban J connectivity index is 0.00000220. The number of nitrogens with zero attached hydrogens (tertiary/aromatic N) is 2. The van der Waals surface area contributed by atoms with E-state index in [0.29, 0.717) is 11.1 Å². The maximum Gasteiger partial charge on any atom is 0.0991 e. The number of benzene rings is 2. The summed E-state index contributed by atoms with van der Waals surface area (Å²) in [7, 11) is 0. The zero-order valence-electron chi connectivity index (χ0n) is 11.2. The van der Waals surface area contributed by atoms with Gasteiger partial charge in [0.15, 0.2) is 0 Å². The van der Waals surface area contributed by atoms with Gasteiger partial charge >= 0.3 is 0 Å². The molecule has 0 aliphatic rings. The summed E-state index contributed by atoms with van der Waals surface area (Å²) in [6.45, 7) is 0. The van der Waals surface area contributed by atoms with Crippen LogP contribution in [0.5, 0.6) is 0 Å². The van der Waals surface area contributed by atoms with E-state index in [4.69, 9.17) is 22.0 Å². The summed E-state index contributed by atoms with van der Waals surface area (Å²) >= 11 is 0. The highest BCUT2D eigenvalue weighted by Gasteiger charge is 2.17. The summed E-state index contributed by atoms with van der Waals surface area (Å²) < 4.78 is 0. The van der Waals surface area contributed by atoms with E-state index in [2.05, 4.69) is 12.1 Å². The average molecular weight is 299 g/mol. The minimum absolute atomic E-state index is 0. The quantitative estimate of drug-likeness (QED) is 0.909. The van der Waals surface area contributed by atoms with E-state index in [9.17, 15) is 0 Å². The molecule has 0 radical (unpaired) electrons. The van der Waals surface area contributed by atoms with Gasteiger partial charge in [0, 0.05) is 12.1 Å². The Morgan fingerprint density at radius 2 is 0.952 bits per heavy atom. The van der Waals surface area contributed by atoms with Crippen molar-refractivity contribution in [1.82, 2.24) is 0 Å². The lowest BCUT2D eigenvalue weighted by atomic mass is 9.94. The summed E-state index contributed by atoms with van der Waals surface area (Å²) in [5.74, 6) is 0. The molecule has 0 unspecified atom stereocenters. The van der Waals surface area contributed by atoms with Gasteiger partial charge in [0.1, 0.15) is 0 Å². The molecular formula is C16H15ClN4. The number of rotatable bonds is 3. The molecule has 21 heavy (non-hydrogen) atoms. The van der Waals surface area contributed by atoms with Crippen LogP contribution in [0.2, 0.25) is 0 Å². The normalized spacial score (nSPS) is 12.4. The Hall–Kier alpha value is -2.37. The van der Waals surface area contributed by atoms with Crippen LogP contribution in [0.3, 0.4) is 0 Å². The lowest BCUT2D eigenvalue weighted by Crippen LogP contribution is -2.26. The minimum atomic E-state index is -0.365. The summed E-state index contributed by atoms with van der Waals surface area (Å²) in [5, 5.41) is 17.5. The smallest absolute Gasteiger partial charge is 0.0991 e. The highest BCUT2D eigenvalue weighted by Crippen LogP contribution is 2.25. The standard InChI is InChI=1S/C16H14N4.ClH/c17-9-11-1-5-13(6-2-11)15(19)16(20)14-7-3-12(10-18)4-8-14;/h1-8,15-16H,19-20H2;1H/t15-,16-;/m0./s1. The van der Waals surface area contributed by atoms with Gasteiger partial charge in [-0.15, -0.1) is 12.4 Å². The second kappa shape index (κ2) is 7.42. The number of hydrogen-bond acceptors (Lipinski definition) is 4. The van der Waals surface area contributed by atoms with E-state index in [1.54, 1.807) is 24.3 Å². The average Bonchev–Trinajstić information content (AvgIpc) is 2.53. The topological polar surface area (TPSA) is 99.6 Å². The van der Waals surface area contributed by atoms with Crippen LogP contribution in [0.4, 0.5) is 0 Å². The molecule has 0 saturated carbocycles. The van der Waals surface area contributed by atoms with Gasteiger partial charge in [-0.05, 0) is 35.4 Å². The third-order valence-electron chi connectivity index (χ3n) is 3.24. The maximum absolute atomic E-state index is 8.77. The van der Waals surface area contributed by atoms with Crippen molar-refractivity contribution in [3.05, 3.63) is 70.8 Å². The van der Waals surface area contributed by atoms with Crippen LogP contribution in [-0.4, -0.2) is 0 Å². The molecule has 2 atom stereocenters. The van der Waals surface area contributed by atoms with Crippen molar-refractivity contribution in [3.63, 3.8) is 0 Å². The van der Waals surface area contributed by atoms with Gasteiger partial charge in [-0.2, -0.15) is 10.5 Å². The first-order valence-corrected chi connectivity index (χ1v) is 6.17. The minimum Gasteiger partial charge on any atom is -0.322 e. The van der Waals surface area contributed by atoms with E-state index < -0.39 is 0 Å². The number of nitriles is 2. The molecular weight excluding hydrogens is 284 g/mol. The van der Waals surface area contributed by atoms with E-state index in [1.165, 1.54) is 0 Å². The van der Waals surface area contributed by atoms with Crippen LogP contribution in [-0.2, 0) is 0 Å². The molecule has 0 aromatic heterocycles. The van der Waals surface area contributed by atoms with Crippen LogP contribution < -0.4 is 11.5 Å². The van der Waals surface area contributed by atoms with Crippen molar-refractivity contribution in [2.24, 2.45) is 11.5 Å². The predicted octanol–water partition coefficient (Wildman–Crippen LogP) is 2.55. The second-order valence-electron chi connectivity index (χ2n) is 4.52. The van der Waals surface area contributed by atoms with E-state index >= 15 is 0 Å². The zero-order chi connectivity index (χ0) is 14.5. The number of nitrogens with two attached hydrogens (primary N) is 2. The Morgan fingerprint density at radius 1 is 0.667 bits per heavy atom. The van der Waals surface area contributed by atoms with Crippen LogP contribution in [0, 0.1) is 22.7 Å². The van der Waals surface area contributed by atoms with Gasteiger partial charge in [0.2, 0.25) is 0 Å². The van der Waals surface area contributed by atoms with Crippen molar-refractivity contribution in [2.75, 3.05) is 0 Å². The van der Waals surface area contributed by atoms with Crippen molar-refractivity contribution in [1.29, 1.82) is 10.5 Å². The summed E-state index contributed by atoms with van der Waals surface area (Å²) in [6.07, 6.45) is 0. The molecule has 0 fully saturated rings. The molecule has 0 aliphatic heterocycles. The lowest BCUT2D eigenvalue weighted by Gasteiger charge is -2.20. The first-order valence-electron chi connectivity index (χ1n) is 6.17. The molecule has 0 saturated heterocycles. The van der Waals surface area contributed by atoms with Crippen molar-refractivity contribution >= 4 is 12.4 Å². The van der Waals surface area contributed by atoms with Gasteiger partial charge < -0.3 is 11.5 Å². The van der Waals surface area contributed by atoms with Gasteiger partial charge in [-0.25, -0.2) is 0 Å². The van der Waals surface area contributed by atoms with Crippen LogP contribution in [0.1, 0.15) is 34.3 Å². The molecule has 2 aromatic rings. The zero-order valence-corrected chi connectivity index (χ0v) is 12.0. The largest absolute Gasteiger partial charge is 0.322 e. The molecule has 5 heteroatoms. The Kier molecular flexibility index (Phi) is 5.90. The molecule has 106 valence electrons. The molecule has 4 nitrogen and oxygen atoms in total. The molecule has 4 N–H and O–H groups in total. The van der Waals surface area contributed by atoms with Crippen molar-refractivity contribution < 1.29 is 0 Å². The van der Waals surface area contributed by atoms with E-state index in [0.717, 1.165) is 11.1 Å². The van der Waals surface area contributed by atoms with Gasteiger partial charge in [-0.1, -0.05) is 24.3 Å². The highest BCUT2D eigenvalue weighted by molar-refractivity contribution is 5.85. The van der Waals surface area contributed by atoms with Crippen LogP contribution in [0.15, 0.2) is 48.5 Å². The molecule has 2 aromatic carbocycles. The lowest BCUT2D eigenvalue weighted by molar-refractivity contribution is 0.574. The van der Waals surface area contributed by atoms with Crippen LogP contribution in [0.25, 0.3) is 0 Å². The summed E-state index contributed by atoms with van der Waals surface area (Å²) in [6, 6.07) is 17.5. The Labute approximate surface area is 130 Å². The van der Waals surface area contributed by atoms with Crippen molar-refractivity contribution in [2.45, 2.75) is 12.1 Å².